The van der Waals surface area contributed by atoms with E-state index >= 15 is 0 Å². The molecule has 0 heterocycles. The van der Waals surface area contributed by atoms with Crippen molar-refractivity contribution in [1.29, 1.82) is 0 Å². The topological polar surface area (TPSA) is 0 Å². The average molecular weight is 301 g/mol. The normalized spacial score (nSPS) is 16.1. The van der Waals surface area contributed by atoms with Crippen molar-refractivity contribution in [2.45, 2.75) is 98.8 Å². The molecule has 128 valence electrons. The molecule has 0 fully saturated rings. The molecule has 21 heavy (non-hydrogen) atoms. The van der Waals surface area contributed by atoms with Crippen molar-refractivity contribution in [1.82, 2.24) is 0 Å². The van der Waals surface area contributed by atoms with Crippen molar-refractivity contribution >= 4 is 0 Å². The highest BCUT2D eigenvalue weighted by Crippen LogP contribution is 2.22. The predicted molar refractivity (Wildman–Crippen MR) is 94.5 cm³/mol. The Kier molecular flexibility index (Phi) is 13.5. The maximum absolute atomic E-state index is 12.2. The molecule has 0 spiro atoms. The summed E-state index contributed by atoms with van der Waals surface area (Å²) in [5, 5.41) is 0. The molecule has 0 aliphatic carbocycles. The molecule has 0 amide bonds. The fraction of sp³-hybridized carbons (Fsp3) is 1.00. The van der Waals surface area contributed by atoms with E-state index in [1.165, 1.54) is 57.8 Å². The molecule has 0 radical (unpaired) electrons. The lowest BCUT2D eigenvalue weighted by Gasteiger charge is -2.16. The van der Waals surface area contributed by atoms with Crippen LogP contribution in [0.4, 0.5) is 4.39 Å². The second kappa shape index (κ2) is 13.6. The standard InChI is InChI=1S/C20H41F/c1-17(2)9-6-10-18(3)11-7-12-19(4)13-8-14-20(5)15-16-21/h17-20H,6-16H2,1-5H3. The first kappa shape index (κ1) is 20.9. The quantitative estimate of drug-likeness (QED) is 0.313. The first-order chi connectivity index (χ1) is 9.95. The van der Waals surface area contributed by atoms with Crippen LogP contribution >= 0.6 is 0 Å². The Hall–Kier alpha value is -0.0700. The Balaban J connectivity index is 3.45. The van der Waals surface area contributed by atoms with Crippen molar-refractivity contribution in [3.8, 4) is 0 Å². The van der Waals surface area contributed by atoms with Crippen LogP contribution in [0.5, 0.6) is 0 Å². The van der Waals surface area contributed by atoms with Gasteiger partial charge in [0.15, 0.2) is 0 Å². The van der Waals surface area contributed by atoms with Crippen molar-refractivity contribution in [3.63, 3.8) is 0 Å². The van der Waals surface area contributed by atoms with Crippen LogP contribution in [-0.2, 0) is 0 Å². The van der Waals surface area contributed by atoms with Crippen LogP contribution < -0.4 is 0 Å². The Bertz CT molecular complexity index is 212. The van der Waals surface area contributed by atoms with Gasteiger partial charge in [0.05, 0.1) is 6.67 Å². The SMILES string of the molecule is CC(C)CCCC(C)CCCC(C)CCCC(C)CCF. The lowest BCUT2D eigenvalue weighted by atomic mass is 9.91. The molecule has 0 aliphatic rings. The second-order valence-corrected chi connectivity index (χ2v) is 7.98. The van der Waals surface area contributed by atoms with E-state index < -0.39 is 0 Å². The summed E-state index contributed by atoms with van der Waals surface area (Å²) in [6.45, 7) is 11.5. The third-order valence-corrected chi connectivity index (χ3v) is 4.87. The zero-order chi connectivity index (χ0) is 16.1. The van der Waals surface area contributed by atoms with E-state index in [2.05, 4.69) is 34.6 Å². The summed E-state index contributed by atoms with van der Waals surface area (Å²) < 4.78 is 12.2. The van der Waals surface area contributed by atoms with E-state index in [-0.39, 0.29) is 6.67 Å². The molecule has 0 bridgehead atoms. The molecule has 1 heteroatoms. The van der Waals surface area contributed by atoms with Crippen LogP contribution in [0.15, 0.2) is 0 Å². The number of rotatable bonds is 14. The van der Waals surface area contributed by atoms with Crippen LogP contribution in [0.25, 0.3) is 0 Å². The summed E-state index contributed by atoms with van der Waals surface area (Å²) >= 11 is 0. The molecular weight excluding hydrogens is 259 g/mol. The van der Waals surface area contributed by atoms with Gasteiger partial charge >= 0.3 is 0 Å². The molecule has 0 rings (SSSR count). The van der Waals surface area contributed by atoms with Crippen LogP contribution in [0.2, 0.25) is 0 Å². The molecule has 0 nitrogen and oxygen atoms in total. The summed E-state index contributed by atoms with van der Waals surface area (Å²) in [4.78, 5) is 0. The summed E-state index contributed by atoms with van der Waals surface area (Å²) in [7, 11) is 0. The zero-order valence-corrected chi connectivity index (χ0v) is 15.5. The van der Waals surface area contributed by atoms with Gasteiger partial charge in [0.1, 0.15) is 0 Å². The van der Waals surface area contributed by atoms with Gasteiger partial charge in [-0.15, -0.1) is 0 Å². The van der Waals surface area contributed by atoms with Crippen molar-refractivity contribution in [2.24, 2.45) is 23.7 Å². The van der Waals surface area contributed by atoms with Gasteiger partial charge < -0.3 is 0 Å². The van der Waals surface area contributed by atoms with Gasteiger partial charge in [0.25, 0.3) is 0 Å². The highest BCUT2D eigenvalue weighted by atomic mass is 19.1. The lowest BCUT2D eigenvalue weighted by Crippen LogP contribution is -2.01. The van der Waals surface area contributed by atoms with Crippen LogP contribution in [-0.4, -0.2) is 6.67 Å². The van der Waals surface area contributed by atoms with Crippen molar-refractivity contribution < 1.29 is 4.39 Å². The minimum Gasteiger partial charge on any atom is -0.251 e. The minimum atomic E-state index is -0.147. The minimum absolute atomic E-state index is 0.147. The molecule has 3 atom stereocenters. The lowest BCUT2D eigenvalue weighted by molar-refractivity contribution is 0.355. The second-order valence-electron chi connectivity index (χ2n) is 7.98. The highest BCUT2D eigenvalue weighted by molar-refractivity contribution is 4.60. The van der Waals surface area contributed by atoms with Gasteiger partial charge in [-0.1, -0.05) is 92.4 Å². The van der Waals surface area contributed by atoms with E-state index in [4.69, 9.17) is 0 Å². The predicted octanol–water partition coefficient (Wildman–Crippen LogP) is 7.42. The first-order valence-corrected chi connectivity index (χ1v) is 9.51. The largest absolute Gasteiger partial charge is 0.251 e. The summed E-state index contributed by atoms with van der Waals surface area (Å²) in [6, 6.07) is 0. The Labute approximate surface area is 134 Å². The zero-order valence-electron chi connectivity index (χ0n) is 15.5. The monoisotopic (exact) mass is 300 g/mol. The highest BCUT2D eigenvalue weighted by Gasteiger charge is 2.07. The first-order valence-electron chi connectivity index (χ1n) is 9.51. The Morgan fingerprint density at radius 1 is 0.524 bits per heavy atom. The van der Waals surface area contributed by atoms with Gasteiger partial charge in [-0.2, -0.15) is 0 Å². The maximum atomic E-state index is 12.2. The van der Waals surface area contributed by atoms with Gasteiger partial charge in [-0.3, -0.25) is 4.39 Å². The molecule has 0 saturated heterocycles. The van der Waals surface area contributed by atoms with Gasteiger partial charge in [0, 0.05) is 0 Å². The Morgan fingerprint density at radius 3 is 1.19 bits per heavy atom. The smallest absolute Gasteiger partial charge is 0.0897 e. The van der Waals surface area contributed by atoms with Gasteiger partial charge in [-0.25, -0.2) is 0 Å². The maximum Gasteiger partial charge on any atom is 0.0897 e. The molecule has 0 aromatic rings. The molecule has 0 saturated carbocycles. The molecule has 0 N–H and O–H groups in total. The number of hydrogen-bond acceptors (Lipinski definition) is 0. The van der Waals surface area contributed by atoms with E-state index in [1.807, 2.05) is 0 Å². The third-order valence-electron chi connectivity index (χ3n) is 4.87. The average Bonchev–Trinajstić information content (AvgIpc) is 2.38. The van der Waals surface area contributed by atoms with E-state index in [0.29, 0.717) is 5.92 Å². The van der Waals surface area contributed by atoms with Crippen molar-refractivity contribution in [3.05, 3.63) is 0 Å². The fourth-order valence-electron chi connectivity index (χ4n) is 3.12. The summed E-state index contributed by atoms with van der Waals surface area (Å²) in [5.74, 6) is 3.19. The molecular formula is C20H41F. The fourth-order valence-corrected chi connectivity index (χ4v) is 3.12. The summed E-state index contributed by atoms with van der Waals surface area (Å²) in [6.07, 6.45) is 13.0. The number of halogens is 1. The molecule has 0 aromatic heterocycles. The van der Waals surface area contributed by atoms with E-state index in [9.17, 15) is 4.39 Å². The van der Waals surface area contributed by atoms with E-state index in [1.54, 1.807) is 0 Å². The van der Waals surface area contributed by atoms with Crippen LogP contribution in [0.1, 0.15) is 98.8 Å². The van der Waals surface area contributed by atoms with Gasteiger partial charge in [-0.05, 0) is 30.1 Å². The molecule has 0 aliphatic heterocycles. The van der Waals surface area contributed by atoms with Crippen LogP contribution in [0.3, 0.4) is 0 Å². The Morgan fingerprint density at radius 2 is 0.857 bits per heavy atom. The number of hydrogen-bond donors (Lipinski definition) is 0. The van der Waals surface area contributed by atoms with E-state index in [0.717, 1.165) is 24.2 Å². The molecule has 0 aromatic carbocycles. The molecule has 3 unspecified atom stereocenters. The number of alkyl halides is 1. The van der Waals surface area contributed by atoms with Crippen LogP contribution in [0, 0.1) is 23.7 Å². The third kappa shape index (κ3) is 14.6. The van der Waals surface area contributed by atoms with Crippen molar-refractivity contribution in [2.75, 3.05) is 6.67 Å². The van der Waals surface area contributed by atoms with Gasteiger partial charge in [0.2, 0.25) is 0 Å². The summed E-state index contributed by atoms with van der Waals surface area (Å²) in [5.41, 5.74) is 0.